The zero-order valence-corrected chi connectivity index (χ0v) is 16.7. The first-order valence-corrected chi connectivity index (χ1v) is 10.6. The van der Waals surface area contributed by atoms with Gasteiger partial charge in [-0.25, -0.2) is 8.42 Å². The van der Waals surface area contributed by atoms with Crippen LogP contribution in [0.2, 0.25) is 0 Å². The molecule has 8 nitrogen and oxygen atoms in total. The van der Waals surface area contributed by atoms with Crippen LogP contribution < -0.4 is 10.6 Å². The molecule has 0 fully saturated rings. The Morgan fingerprint density at radius 2 is 1.89 bits per heavy atom. The summed E-state index contributed by atoms with van der Waals surface area (Å²) >= 11 is 0. The summed E-state index contributed by atoms with van der Waals surface area (Å²) in [7, 11) is -3.65. The summed E-state index contributed by atoms with van der Waals surface area (Å²) in [4.78, 5) is 22.1. The van der Waals surface area contributed by atoms with Crippen LogP contribution in [-0.4, -0.2) is 25.5 Å². The number of amides is 1. The zero-order chi connectivity index (χ0) is 20.9. The van der Waals surface area contributed by atoms with Crippen LogP contribution in [0, 0.1) is 16.0 Å². The van der Waals surface area contributed by atoms with Crippen molar-refractivity contribution in [2.24, 2.45) is 5.92 Å². The molecule has 0 aliphatic rings. The maximum absolute atomic E-state index is 12.0. The van der Waals surface area contributed by atoms with Crippen molar-refractivity contribution < 1.29 is 18.1 Å². The van der Waals surface area contributed by atoms with Crippen LogP contribution in [0.1, 0.15) is 25.8 Å². The fourth-order valence-corrected chi connectivity index (χ4v) is 3.49. The molecular weight excluding hydrogens is 382 g/mol. The third kappa shape index (κ3) is 6.05. The molecule has 0 aliphatic carbocycles. The molecule has 9 heteroatoms. The highest BCUT2D eigenvalue weighted by atomic mass is 32.2. The van der Waals surface area contributed by atoms with Gasteiger partial charge in [0.05, 0.1) is 15.5 Å². The van der Waals surface area contributed by atoms with Crippen LogP contribution in [-0.2, 0) is 21.2 Å². The molecule has 150 valence electrons. The van der Waals surface area contributed by atoms with Gasteiger partial charge in [0.15, 0.2) is 9.84 Å². The van der Waals surface area contributed by atoms with E-state index in [1.165, 1.54) is 12.1 Å². The summed E-state index contributed by atoms with van der Waals surface area (Å²) in [5, 5.41) is 16.7. The Morgan fingerprint density at radius 1 is 1.18 bits per heavy atom. The van der Waals surface area contributed by atoms with Crippen molar-refractivity contribution >= 4 is 32.8 Å². The molecule has 28 heavy (non-hydrogen) atoms. The number of anilines is 2. The van der Waals surface area contributed by atoms with Gasteiger partial charge in [-0.3, -0.25) is 14.9 Å². The quantitative estimate of drug-likeness (QED) is 0.512. The molecule has 2 aromatic rings. The van der Waals surface area contributed by atoms with E-state index in [1.807, 2.05) is 19.9 Å². The van der Waals surface area contributed by atoms with E-state index in [0.29, 0.717) is 12.1 Å². The first kappa shape index (κ1) is 21.4. The standard InChI is InChI=1S/C19H23N3O5S/c1-13(2)9-19(23)21-15-6-4-5-14(10-15)12-20-17-8-7-16(22(24)25)11-18(17)28(3,26)27/h4-8,10-11,13,20H,9,12H2,1-3H3,(H,21,23). The lowest BCUT2D eigenvalue weighted by Crippen LogP contribution is -2.14. The summed E-state index contributed by atoms with van der Waals surface area (Å²) in [5.41, 5.74) is 1.46. The number of hydrogen-bond acceptors (Lipinski definition) is 6. The van der Waals surface area contributed by atoms with E-state index in [1.54, 1.807) is 18.2 Å². The monoisotopic (exact) mass is 405 g/mol. The molecule has 0 heterocycles. The second-order valence-corrected chi connectivity index (χ2v) is 8.89. The summed E-state index contributed by atoms with van der Waals surface area (Å²) < 4.78 is 24.0. The Balaban J connectivity index is 2.17. The number of rotatable bonds is 8. The zero-order valence-electron chi connectivity index (χ0n) is 15.9. The van der Waals surface area contributed by atoms with Crippen LogP contribution in [0.25, 0.3) is 0 Å². The summed E-state index contributed by atoms with van der Waals surface area (Å²) in [6, 6.07) is 10.8. The number of sulfone groups is 1. The third-order valence-corrected chi connectivity index (χ3v) is 5.00. The minimum atomic E-state index is -3.65. The molecule has 0 aromatic heterocycles. The molecule has 0 bridgehead atoms. The van der Waals surface area contributed by atoms with E-state index in [9.17, 15) is 23.3 Å². The molecule has 0 radical (unpaired) electrons. The van der Waals surface area contributed by atoms with Crippen molar-refractivity contribution in [3.63, 3.8) is 0 Å². The second-order valence-electron chi connectivity index (χ2n) is 6.91. The van der Waals surface area contributed by atoms with E-state index in [4.69, 9.17) is 0 Å². The number of carbonyl (C=O) groups is 1. The van der Waals surface area contributed by atoms with Crippen molar-refractivity contribution in [1.82, 2.24) is 0 Å². The third-order valence-electron chi connectivity index (χ3n) is 3.86. The average molecular weight is 405 g/mol. The van der Waals surface area contributed by atoms with E-state index < -0.39 is 14.8 Å². The fourth-order valence-electron chi connectivity index (χ4n) is 2.62. The predicted molar refractivity (Wildman–Crippen MR) is 108 cm³/mol. The van der Waals surface area contributed by atoms with Crippen LogP contribution >= 0.6 is 0 Å². The Hall–Kier alpha value is -2.94. The van der Waals surface area contributed by atoms with Crippen molar-refractivity contribution in [2.75, 3.05) is 16.9 Å². The highest BCUT2D eigenvalue weighted by Gasteiger charge is 2.18. The molecule has 2 N–H and O–H groups in total. The molecule has 0 aliphatic heterocycles. The predicted octanol–water partition coefficient (Wildman–Crippen LogP) is 3.60. The number of nitrogens with one attached hydrogen (secondary N) is 2. The van der Waals surface area contributed by atoms with Gasteiger partial charge in [-0.15, -0.1) is 0 Å². The lowest BCUT2D eigenvalue weighted by molar-refractivity contribution is -0.385. The molecule has 2 rings (SSSR count). The van der Waals surface area contributed by atoms with Gasteiger partial charge in [-0.05, 0) is 29.7 Å². The fraction of sp³-hybridized carbons (Fsp3) is 0.316. The molecular formula is C19H23N3O5S. The van der Waals surface area contributed by atoms with Gasteiger partial charge < -0.3 is 10.6 Å². The van der Waals surface area contributed by atoms with E-state index in [-0.39, 0.29) is 34.6 Å². The Labute approximate surface area is 164 Å². The van der Waals surface area contributed by atoms with Gasteiger partial charge in [0, 0.05) is 37.0 Å². The van der Waals surface area contributed by atoms with Crippen molar-refractivity contribution in [1.29, 1.82) is 0 Å². The number of nitrogens with zero attached hydrogens (tertiary/aromatic N) is 1. The van der Waals surface area contributed by atoms with Gasteiger partial charge in [-0.1, -0.05) is 26.0 Å². The number of benzene rings is 2. The Kier molecular flexibility index (Phi) is 6.74. The topological polar surface area (TPSA) is 118 Å². The molecule has 2 aromatic carbocycles. The molecule has 0 spiro atoms. The van der Waals surface area contributed by atoms with Crippen molar-refractivity contribution in [3.05, 3.63) is 58.1 Å². The van der Waals surface area contributed by atoms with Gasteiger partial charge >= 0.3 is 0 Å². The van der Waals surface area contributed by atoms with Crippen molar-refractivity contribution in [3.8, 4) is 0 Å². The SMILES string of the molecule is CC(C)CC(=O)Nc1cccc(CNc2ccc([N+](=O)[O-])cc2S(C)(=O)=O)c1. The molecule has 1 amide bonds. The minimum absolute atomic E-state index is 0.0742. The minimum Gasteiger partial charge on any atom is -0.380 e. The Bertz CT molecular complexity index is 987. The number of nitro benzene ring substituents is 1. The normalized spacial score (nSPS) is 11.3. The largest absolute Gasteiger partial charge is 0.380 e. The molecule has 0 unspecified atom stereocenters. The van der Waals surface area contributed by atoms with Crippen LogP contribution in [0.5, 0.6) is 0 Å². The maximum Gasteiger partial charge on any atom is 0.270 e. The smallest absolute Gasteiger partial charge is 0.270 e. The van der Waals surface area contributed by atoms with Gasteiger partial charge in [0.25, 0.3) is 5.69 Å². The van der Waals surface area contributed by atoms with E-state index in [0.717, 1.165) is 17.9 Å². The lowest BCUT2D eigenvalue weighted by Gasteiger charge is -2.12. The molecule has 0 atom stereocenters. The summed E-state index contributed by atoms with van der Waals surface area (Å²) in [6.07, 6.45) is 1.42. The van der Waals surface area contributed by atoms with E-state index in [2.05, 4.69) is 10.6 Å². The average Bonchev–Trinajstić information content (AvgIpc) is 2.58. The van der Waals surface area contributed by atoms with Gasteiger partial charge in [0.1, 0.15) is 0 Å². The van der Waals surface area contributed by atoms with E-state index >= 15 is 0 Å². The van der Waals surface area contributed by atoms with Gasteiger partial charge in [-0.2, -0.15) is 0 Å². The maximum atomic E-state index is 12.0. The van der Waals surface area contributed by atoms with Crippen LogP contribution in [0.4, 0.5) is 17.1 Å². The molecule has 0 saturated carbocycles. The first-order chi connectivity index (χ1) is 13.1. The lowest BCUT2D eigenvalue weighted by atomic mass is 10.1. The highest BCUT2D eigenvalue weighted by Crippen LogP contribution is 2.27. The number of non-ortho nitro benzene ring substituents is 1. The van der Waals surface area contributed by atoms with Crippen LogP contribution in [0.15, 0.2) is 47.4 Å². The summed E-state index contributed by atoms with van der Waals surface area (Å²) in [5.74, 6) is 0.177. The van der Waals surface area contributed by atoms with Crippen molar-refractivity contribution in [2.45, 2.75) is 31.7 Å². The molecule has 0 saturated heterocycles. The van der Waals surface area contributed by atoms with Crippen LogP contribution in [0.3, 0.4) is 0 Å². The van der Waals surface area contributed by atoms with Gasteiger partial charge in [0.2, 0.25) is 5.91 Å². The Morgan fingerprint density at radius 3 is 2.50 bits per heavy atom. The number of carbonyl (C=O) groups excluding carboxylic acids is 1. The number of nitro groups is 1. The highest BCUT2D eigenvalue weighted by molar-refractivity contribution is 7.90. The summed E-state index contributed by atoms with van der Waals surface area (Å²) in [6.45, 7) is 4.21. The second kappa shape index (κ2) is 8.83. The number of hydrogen-bond donors (Lipinski definition) is 2. The first-order valence-electron chi connectivity index (χ1n) is 8.67.